The Balaban J connectivity index is 1.79. The SMILES string of the molecule is COc1cc(C)sc1C(=O)N1CCC2CCC(C1)N2. The Morgan fingerprint density at radius 3 is 3.00 bits per heavy atom. The predicted octanol–water partition coefficient (Wildman–Crippen LogP) is 2.03. The van der Waals surface area contributed by atoms with E-state index in [4.69, 9.17) is 4.74 Å². The fourth-order valence-electron chi connectivity index (χ4n) is 3.06. The van der Waals surface area contributed by atoms with Crippen LogP contribution in [0.15, 0.2) is 6.07 Å². The van der Waals surface area contributed by atoms with Crippen LogP contribution in [0.4, 0.5) is 0 Å². The first kappa shape index (κ1) is 12.9. The number of carbonyl (C=O) groups excluding carboxylic acids is 1. The summed E-state index contributed by atoms with van der Waals surface area (Å²) in [6.07, 6.45) is 3.51. The molecule has 2 saturated heterocycles. The topological polar surface area (TPSA) is 41.6 Å². The maximum atomic E-state index is 12.7. The first-order chi connectivity index (χ1) is 9.17. The molecule has 2 fully saturated rings. The second-order valence-corrected chi connectivity index (χ2v) is 6.69. The summed E-state index contributed by atoms with van der Waals surface area (Å²) in [7, 11) is 1.63. The summed E-state index contributed by atoms with van der Waals surface area (Å²) in [5, 5.41) is 3.60. The number of aryl methyl sites for hydroxylation is 1. The number of carbonyl (C=O) groups is 1. The number of nitrogens with zero attached hydrogens (tertiary/aromatic N) is 1. The minimum Gasteiger partial charge on any atom is -0.495 e. The molecule has 3 rings (SSSR count). The number of rotatable bonds is 2. The number of ether oxygens (including phenoxy) is 1. The van der Waals surface area contributed by atoms with Gasteiger partial charge in [0.05, 0.1) is 7.11 Å². The van der Waals surface area contributed by atoms with Crippen molar-refractivity contribution in [1.82, 2.24) is 10.2 Å². The van der Waals surface area contributed by atoms with Crippen LogP contribution >= 0.6 is 11.3 Å². The molecule has 2 unspecified atom stereocenters. The van der Waals surface area contributed by atoms with Crippen molar-refractivity contribution >= 4 is 17.2 Å². The van der Waals surface area contributed by atoms with Gasteiger partial charge in [-0.05, 0) is 32.3 Å². The van der Waals surface area contributed by atoms with Crippen molar-refractivity contribution in [2.45, 2.75) is 38.3 Å². The van der Waals surface area contributed by atoms with E-state index in [1.165, 1.54) is 24.2 Å². The van der Waals surface area contributed by atoms with Crippen LogP contribution in [0.25, 0.3) is 0 Å². The van der Waals surface area contributed by atoms with E-state index in [-0.39, 0.29) is 5.91 Å². The summed E-state index contributed by atoms with van der Waals surface area (Å²) in [6.45, 7) is 3.69. The highest BCUT2D eigenvalue weighted by Gasteiger charge is 2.32. The number of amides is 1. The number of methoxy groups -OCH3 is 1. The Hall–Kier alpha value is -1.07. The van der Waals surface area contributed by atoms with Crippen LogP contribution in [0.2, 0.25) is 0 Å². The standard InChI is InChI=1S/C14H20N2O2S/c1-9-7-12(18-2)13(19-9)14(17)16-6-5-10-3-4-11(8-16)15-10/h7,10-11,15H,3-6,8H2,1-2H3. The molecule has 1 aromatic heterocycles. The average Bonchev–Trinajstić information content (AvgIpc) is 2.91. The monoisotopic (exact) mass is 280 g/mol. The van der Waals surface area contributed by atoms with Crippen molar-refractivity contribution in [1.29, 1.82) is 0 Å². The molecule has 2 aliphatic rings. The maximum absolute atomic E-state index is 12.7. The summed E-state index contributed by atoms with van der Waals surface area (Å²) in [5.41, 5.74) is 0. The molecule has 0 aliphatic carbocycles. The minimum absolute atomic E-state index is 0.129. The molecule has 0 aromatic carbocycles. The molecule has 5 heteroatoms. The molecule has 2 aliphatic heterocycles. The minimum atomic E-state index is 0.129. The molecule has 19 heavy (non-hydrogen) atoms. The highest BCUT2D eigenvalue weighted by atomic mass is 32.1. The lowest BCUT2D eigenvalue weighted by atomic mass is 10.1. The van der Waals surface area contributed by atoms with Gasteiger partial charge in [-0.25, -0.2) is 0 Å². The zero-order chi connectivity index (χ0) is 13.4. The summed E-state index contributed by atoms with van der Waals surface area (Å²) in [5.74, 6) is 0.846. The first-order valence-electron chi connectivity index (χ1n) is 6.87. The van der Waals surface area contributed by atoms with Crippen molar-refractivity contribution in [2.75, 3.05) is 20.2 Å². The van der Waals surface area contributed by atoms with Gasteiger partial charge in [0.1, 0.15) is 10.6 Å². The van der Waals surface area contributed by atoms with Crippen molar-refractivity contribution in [2.24, 2.45) is 0 Å². The fourth-order valence-corrected chi connectivity index (χ4v) is 4.01. The van der Waals surface area contributed by atoms with E-state index >= 15 is 0 Å². The van der Waals surface area contributed by atoms with Crippen LogP contribution in [0.3, 0.4) is 0 Å². The zero-order valence-corrected chi connectivity index (χ0v) is 12.3. The van der Waals surface area contributed by atoms with E-state index in [1.54, 1.807) is 7.11 Å². The van der Waals surface area contributed by atoms with E-state index in [0.717, 1.165) is 35.0 Å². The largest absolute Gasteiger partial charge is 0.495 e. The number of nitrogens with one attached hydrogen (secondary N) is 1. The van der Waals surface area contributed by atoms with Gasteiger partial charge in [0.25, 0.3) is 5.91 Å². The smallest absolute Gasteiger partial charge is 0.267 e. The van der Waals surface area contributed by atoms with Crippen molar-refractivity contribution in [3.63, 3.8) is 0 Å². The third-order valence-electron chi connectivity index (χ3n) is 4.05. The highest BCUT2D eigenvalue weighted by Crippen LogP contribution is 2.31. The maximum Gasteiger partial charge on any atom is 0.267 e. The highest BCUT2D eigenvalue weighted by molar-refractivity contribution is 7.14. The molecule has 1 N–H and O–H groups in total. The summed E-state index contributed by atoms with van der Waals surface area (Å²) in [6, 6.07) is 3.03. The quantitative estimate of drug-likeness (QED) is 0.901. The van der Waals surface area contributed by atoms with Gasteiger partial charge in [-0.3, -0.25) is 4.79 Å². The van der Waals surface area contributed by atoms with Gasteiger partial charge in [0.2, 0.25) is 0 Å². The Labute approximate surface area is 117 Å². The number of thiophene rings is 1. The van der Waals surface area contributed by atoms with Gasteiger partial charge < -0.3 is 15.0 Å². The lowest BCUT2D eigenvalue weighted by Gasteiger charge is -2.24. The second-order valence-electron chi connectivity index (χ2n) is 5.43. The van der Waals surface area contributed by atoms with Gasteiger partial charge in [-0.2, -0.15) is 0 Å². The molecule has 1 amide bonds. The lowest BCUT2D eigenvalue weighted by molar-refractivity contribution is 0.0750. The predicted molar refractivity (Wildman–Crippen MR) is 76.1 cm³/mol. The summed E-state index contributed by atoms with van der Waals surface area (Å²) < 4.78 is 5.32. The van der Waals surface area contributed by atoms with Gasteiger partial charge in [0, 0.05) is 30.1 Å². The van der Waals surface area contributed by atoms with E-state index < -0.39 is 0 Å². The normalized spacial score (nSPS) is 26.3. The Morgan fingerprint density at radius 1 is 1.42 bits per heavy atom. The molecule has 2 bridgehead atoms. The number of hydrogen-bond acceptors (Lipinski definition) is 4. The van der Waals surface area contributed by atoms with Crippen molar-refractivity contribution in [3.8, 4) is 5.75 Å². The Kier molecular flexibility index (Phi) is 3.50. The van der Waals surface area contributed by atoms with Crippen molar-refractivity contribution < 1.29 is 9.53 Å². The molecular weight excluding hydrogens is 260 g/mol. The molecular formula is C14H20N2O2S. The third kappa shape index (κ3) is 2.49. The Bertz CT molecular complexity index is 486. The van der Waals surface area contributed by atoms with Crippen molar-refractivity contribution in [3.05, 3.63) is 15.8 Å². The van der Waals surface area contributed by atoms with Crippen LogP contribution < -0.4 is 10.1 Å². The van der Waals surface area contributed by atoms with Crippen LogP contribution in [0.5, 0.6) is 5.75 Å². The van der Waals surface area contributed by atoms with Gasteiger partial charge >= 0.3 is 0 Å². The zero-order valence-electron chi connectivity index (χ0n) is 11.4. The van der Waals surface area contributed by atoms with E-state index in [0.29, 0.717) is 12.1 Å². The average molecular weight is 280 g/mol. The van der Waals surface area contributed by atoms with Gasteiger partial charge in [-0.1, -0.05) is 0 Å². The molecule has 2 atom stereocenters. The van der Waals surface area contributed by atoms with Gasteiger partial charge in [0.15, 0.2) is 0 Å². The molecule has 104 valence electrons. The van der Waals surface area contributed by atoms with Gasteiger partial charge in [-0.15, -0.1) is 11.3 Å². The van der Waals surface area contributed by atoms with Crippen LogP contribution in [0.1, 0.15) is 33.8 Å². The van der Waals surface area contributed by atoms with Crippen LogP contribution in [0, 0.1) is 6.92 Å². The number of fused-ring (bicyclic) bond motifs is 2. The Morgan fingerprint density at radius 2 is 2.21 bits per heavy atom. The number of likely N-dealkylation sites (tertiary alicyclic amines) is 1. The summed E-state index contributed by atoms with van der Waals surface area (Å²) >= 11 is 1.53. The fraction of sp³-hybridized carbons (Fsp3) is 0.643. The first-order valence-corrected chi connectivity index (χ1v) is 7.68. The van der Waals surface area contributed by atoms with E-state index in [2.05, 4.69) is 5.32 Å². The molecule has 0 spiro atoms. The van der Waals surface area contributed by atoms with Crippen LogP contribution in [-0.2, 0) is 0 Å². The molecule has 4 nitrogen and oxygen atoms in total. The molecule has 0 radical (unpaired) electrons. The number of hydrogen-bond donors (Lipinski definition) is 1. The second kappa shape index (κ2) is 5.13. The lowest BCUT2D eigenvalue weighted by Crippen LogP contribution is -2.38. The third-order valence-corrected chi connectivity index (χ3v) is 5.07. The van der Waals surface area contributed by atoms with E-state index in [1.807, 2.05) is 17.9 Å². The molecule has 3 heterocycles. The molecule has 0 saturated carbocycles. The van der Waals surface area contributed by atoms with E-state index in [9.17, 15) is 4.79 Å². The van der Waals surface area contributed by atoms with Crippen LogP contribution in [-0.4, -0.2) is 43.1 Å². The molecule has 1 aromatic rings. The summed E-state index contributed by atoms with van der Waals surface area (Å²) in [4.78, 5) is 16.5.